The molecule has 20 heavy (non-hydrogen) atoms. The molecule has 1 aliphatic rings. The largest absolute Gasteiger partial charge is 0.387 e. The van der Waals surface area contributed by atoms with Crippen LogP contribution in [0.1, 0.15) is 5.56 Å². The van der Waals surface area contributed by atoms with E-state index in [-0.39, 0.29) is 11.1 Å². The van der Waals surface area contributed by atoms with Crippen molar-refractivity contribution >= 4 is 5.57 Å². The van der Waals surface area contributed by atoms with Crippen LogP contribution in [0.25, 0.3) is 16.7 Å². The lowest BCUT2D eigenvalue weighted by Gasteiger charge is -2.12. The van der Waals surface area contributed by atoms with Crippen LogP contribution in [0.2, 0.25) is 0 Å². The maximum Gasteiger partial charge on any atom is 0.131 e. The summed E-state index contributed by atoms with van der Waals surface area (Å²) in [5.74, 6) is -0.878. The van der Waals surface area contributed by atoms with Gasteiger partial charge in [0, 0.05) is 30.1 Å². The Bertz CT molecular complexity index is 691. The lowest BCUT2D eigenvalue weighted by molar-refractivity contribution is 0.600. The van der Waals surface area contributed by atoms with Gasteiger partial charge in [-0.1, -0.05) is 6.08 Å². The van der Waals surface area contributed by atoms with Crippen molar-refractivity contribution in [3.8, 4) is 11.1 Å². The Hall–Kier alpha value is -2.49. The summed E-state index contributed by atoms with van der Waals surface area (Å²) in [5, 5.41) is 2.98. The van der Waals surface area contributed by atoms with Gasteiger partial charge in [0.25, 0.3) is 0 Å². The van der Waals surface area contributed by atoms with Crippen LogP contribution in [0.15, 0.2) is 55.0 Å². The molecule has 0 atom stereocenters. The van der Waals surface area contributed by atoms with Gasteiger partial charge in [0.15, 0.2) is 0 Å². The molecule has 2 nitrogen and oxygen atoms in total. The van der Waals surface area contributed by atoms with Gasteiger partial charge in [0.1, 0.15) is 11.6 Å². The molecule has 2 heterocycles. The molecule has 1 aliphatic heterocycles. The van der Waals surface area contributed by atoms with E-state index in [0.717, 1.165) is 0 Å². The molecule has 0 spiro atoms. The van der Waals surface area contributed by atoms with Crippen molar-refractivity contribution in [2.45, 2.75) is 0 Å². The Morgan fingerprint density at radius 2 is 1.70 bits per heavy atom. The highest BCUT2D eigenvalue weighted by Crippen LogP contribution is 2.29. The molecule has 0 unspecified atom stereocenters. The Kier molecular flexibility index (Phi) is 3.29. The summed E-state index contributed by atoms with van der Waals surface area (Å²) in [5.41, 5.74) is 1.81. The maximum atomic E-state index is 14.2. The van der Waals surface area contributed by atoms with Gasteiger partial charge in [-0.15, -0.1) is 0 Å². The first-order chi connectivity index (χ1) is 9.75. The monoisotopic (exact) mass is 270 g/mol. The van der Waals surface area contributed by atoms with Gasteiger partial charge in [-0.05, 0) is 47.7 Å². The molecule has 0 aliphatic carbocycles. The zero-order valence-electron chi connectivity index (χ0n) is 10.6. The van der Waals surface area contributed by atoms with Crippen molar-refractivity contribution in [3.63, 3.8) is 0 Å². The first-order valence-electron chi connectivity index (χ1n) is 6.25. The molecule has 2 aromatic rings. The van der Waals surface area contributed by atoms with Crippen molar-refractivity contribution in [1.82, 2.24) is 10.3 Å². The van der Waals surface area contributed by atoms with E-state index in [0.29, 0.717) is 17.7 Å². The van der Waals surface area contributed by atoms with Crippen LogP contribution >= 0.6 is 0 Å². The van der Waals surface area contributed by atoms with Gasteiger partial charge < -0.3 is 5.32 Å². The third kappa shape index (κ3) is 2.32. The van der Waals surface area contributed by atoms with E-state index in [1.54, 1.807) is 36.8 Å². The van der Waals surface area contributed by atoms with Gasteiger partial charge in [-0.2, -0.15) is 0 Å². The minimum Gasteiger partial charge on any atom is -0.387 e. The normalized spacial score (nSPS) is 13.8. The second-order valence-corrected chi connectivity index (χ2v) is 4.45. The molecular formula is C16H12F2N2. The molecule has 0 amide bonds. The van der Waals surface area contributed by atoms with Crippen molar-refractivity contribution < 1.29 is 8.78 Å². The average Bonchev–Trinajstić information content (AvgIpc) is 2.51. The van der Waals surface area contributed by atoms with E-state index in [9.17, 15) is 8.78 Å². The quantitative estimate of drug-likeness (QED) is 0.903. The summed E-state index contributed by atoms with van der Waals surface area (Å²) >= 11 is 0. The van der Waals surface area contributed by atoms with Gasteiger partial charge in [-0.25, -0.2) is 8.78 Å². The fourth-order valence-corrected chi connectivity index (χ4v) is 2.17. The molecule has 1 aromatic heterocycles. The molecule has 0 bridgehead atoms. The average molecular weight is 270 g/mol. The van der Waals surface area contributed by atoms with E-state index >= 15 is 0 Å². The fourth-order valence-electron chi connectivity index (χ4n) is 2.17. The van der Waals surface area contributed by atoms with Crippen LogP contribution in [-0.2, 0) is 0 Å². The maximum absolute atomic E-state index is 14.2. The summed E-state index contributed by atoms with van der Waals surface area (Å²) in [6, 6.07) is 5.78. The summed E-state index contributed by atoms with van der Waals surface area (Å²) in [6.45, 7) is 0.610. The van der Waals surface area contributed by atoms with Crippen LogP contribution in [-0.4, -0.2) is 11.5 Å². The number of hydrogen-bond donors (Lipinski definition) is 1. The molecule has 0 saturated heterocycles. The number of aromatic nitrogens is 1. The standard InChI is InChI=1S/C16H12F2N2/c17-15-10-14(12-3-7-20-8-4-12)16(18)9-13(15)11-1-5-19-6-2-11/h1-7,9-10,20H,8H2. The first kappa shape index (κ1) is 12.5. The Morgan fingerprint density at radius 3 is 2.40 bits per heavy atom. The van der Waals surface area contributed by atoms with E-state index in [1.165, 1.54) is 12.1 Å². The summed E-state index contributed by atoms with van der Waals surface area (Å²) in [4.78, 5) is 3.87. The summed E-state index contributed by atoms with van der Waals surface area (Å²) < 4.78 is 28.4. The third-order valence-electron chi connectivity index (χ3n) is 3.18. The summed E-state index contributed by atoms with van der Waals surface area (Å²) in [7, 11) is 0. The Labute approximate surface area is 115 Å². The highest BCUT2D eigenvalue weighted by molar-refractivity contribution is 5.77. The van der Waals surface area contributed by atoms with Gasteiger partial charge in [0.05, 0.1) is 0 Å². The molecule has 0 fully saturated rings. The zero-order chi connectivity index (χ0) is 13.9. The Balaban J connectivity index is 2.07. The smallest absolute Gasteiger partial charge is 0.131 e. The van der Waals surface area contributed by atoms with E-state index < -0.39 is 11.6 Å². The van der Waals surface area contributed by atoms with Crippen LogP contribution in [0.3, 0.4) is 0 Å². The van der Waals surface area contributed by atoms with Crippen LogP contribution in [0.4, 0.5) is 8.78 Å². The second-order valence-electron chi connectivity index (χ2n) is 4.45. The van der Waals surface area contributed by atoms with Crippen LogP contribution < -0.4 is 5.32 Å². The topological polar surface area (TPSA) is 24.9 Å². The number of benzene rings is 1. The zero-order valence-corrected chi connectivity index (χ0v) is 10.6. The molecule has 0 radical (unpaired) electrons. The lowest BCUT2D eigenvalue weighted by Crippen LogP contribution is -2.09. The van der Waals surface area contributed by atoms with Crippen molar-refractivity contribution in [1.29, 1.82) is 0 Å². The highest BCUT2D eigenvalue weighted by Gasteiger charge is 2.14. The van der Waals surface area contributed by atoms with E-state index in [2.05, 4.69) is 10.3 Å². The van der Waals surface area contributed by atoms with Gasteiger partial charge in [-0.3, -0.25) is 4.98 Å². The number of halogens is 2. The number of nitrogens with one attached hydrogen (secondary N) is 1. The third-order valence-corrected chi connectivity index (χ3v) is 3.18. The molecule has 4 heteroatoms. The Morgan fingerprint density at radius 1 is 1.00 bits per heavy atom. The minimum absolute atomic E-state index is 0.243. The number of allylic oxidation sites excluding steroid dienone is 2. The highest BCUT2D eigenvalue weighted by atomic mass is 19.1. The predicted molar refractivity (Wildman–Crippen MR) is 74.7 cm³/mol. The van der Waals surface area contributed by atoms with Gasteiger partial charge >= 0.3 is 0 Å². The van der Waals surface area contributed by atoms with Crippen molar-refractivity contribution in [2.75, 3.05) is 6.54 Å². The molecule has 1 aromatic carbocycles. The molecule has 100 valence electrons. The lowest BCUT2D eigenvalue weighted by atomic mass is 9.98. The predicted octanol–water partition coefficient (Wildman–Crippen LogP) is 3.53. The first-order valence-corrected chi connectivity index (χ1v) is 6.25. The second kappa shape index (κ2) is 5.25. The number of hydrogen-bond acceptors (Lipinski definition) is 2. The number of rotatable bonds is 2. The molecular weight excluding hydrogens is 258 g/mol. The van der Waals surface area contributed by atoms with Crippen LogP contribution in [0, 0.1) is 11.6 Å². The molecule has 1 N–H and O–H groups in total. The number of nitrogens with zero attached hydrogens (tertiary/aromatic N) is 1. The van der Waals surface area contributed by atoms with E-state index in [1.807, 2.05) is 6.08 Å². The van der Waals surface area contributed by atoms with Crippen LogP contribution in [0.5, 0.6) is 0 Å². The fraction of sp³-hybridized carbons (Fsp3) is 0.0625. The minimum atomic E-state index is -0.444. The number of pyridine rings is 1. The molecule has 0 saturated carbocycles. The van der Waals surface area contributed by atoms with Gasteiger partial charge in [0.2, 0.25) is 0 Å². The van der Waals surface area contributed by atoms with Crippen molar-refractivity contribution in [3.05, 3.63) is 72.2 Å². The summed E-state index contributed by atoms with van der Waals surface area (Å²) in [6.07, 6.45) is 8.39. The SMILES string of the molecule is Fc1cc(-c2ccncc2)c(F)cc1C1=CCNC=C1. The van der Waals surface area contributed by atoms with E-state index in [4.69, 9.17) is 0 Å². The van der Waals surface area contributed by atoms with Crippen molar-refractivity contribution in [2.24, 2.45) is 0 Å². The molecule has 3 rings (SSSR count). The number of dihydropyridines is 1.